The molecule has 4 nitrogen and oxygen atoms in total. The van der Waals surface area contributed by atoms with Crippen LogP contribution >= 0.6 is 12.4 Å². The molecule has 1 saturated heterocycles. The van der Waals surface area contributed by atoms with Crippen LogP contribution in [0, 0.1) is 12.8 Å². The Hall–Kier alpha value is -2.04. The SMILES string of the molecule is Cc1cc(C(=O)N2CCC(C(O)c3ccccc3)CC2)ccc1N.Cl. The van der Waals surface area contributed by atoms with Crippen molar-refractivity contribution in [2.24, 2.45) is 5.92 Å². The maximum atomic E-state index is 12.6. The zero-order valence-electron chi connectivity index (χ0n) is 14.4. The number of carbonyl (C=O) groups is 1. The molecule has 3 rings (SSSR count). The molecule has 2 aromatic carbocycles. The maximum absolute atomic E-state index is 12.6. The van der Waals surface area contributed by atoms with Gasteiger partial charge < -0.3 is 15.7 Å². The fourth-order valence-electron chi connectivity index (χ4n) is 3.33. The molecule has 1 amide bonds. The number of hydrogen-bond acceptors (Lipinski definition) is 3. The topological polar surface area (TPSA) is 66.6 Å². The number of nitrogen functional groups attached to an aromatic ring is 1. The highest BCUT2D eigenvalue weighted by Crippen LogP contribution is 2.31. The number of carbonyl (C=O) groups excluding carboxylic acids is 1. The fourth-order valence-corrected chi connectivity index (χ4v) is 3.33. The predicted molar refractivity (Wildman–Crippen MR) is 103 cm³/mol. The van der Waals surface area contributed by atoms with Crippen molar-refractivity contribution in [2.45, 2.75) is 25.9 Å². The van der Waals surface area contributed by atoms with Gasteiger partial charge >= 0.3 is 0 Å². The molecule has 0 saturated carbocycles. The molecule has 1 aliphatic rings. The fraction of sp³-hybridized carbons (Fsp3) is 0.350. The summed E-state index contributed by atoms with van der Waals surface area (Å²) >= 11 is 0. The Labute approximate surface area is 155 Å². The van der Waals surface area contributed by atoms with Crippen LogP contribution in [0.3, 0.4) is 0 Å². The minimum atomic E-state index is -0.456. The van der Waals surface area contributed by atoms with E-state index in [0.717, 1.165) is 24.0 Å². The van der Waals surface area contributed by atoms with Gasteiger partial charge in [-0.15, -0.1) is 12.4 Å². The molecule has 0 aliphatic carbocycles. The van der Waals surface area contributed by atoms with Gasteiger partial charge in [0.25, 0.3) is 5.91 Å². The molecular formula is C20H25ClN2O2. The minimum absolute atomic E-state index is 0. The molecule has 2 aromatic rings. The Bertz CT molecular complexity index is 713. The normalized spacial score (nSPS) is 16.2. The number of aliphatic hydroxyl groups excluding tert-OH is 1. The molecule has 134 valence electrons. The van der Waals surface area contributed by atoms with Gasteiger partial charge in [0.05, 0.1) is 6.10 Å². The number of anilines is 1. The molecule has 1 aliphatic heterocycles. The number of likely N-dealkylation sites (tertiary alicyclic amines) is 1. The average Bonchev–Trinajstić information content (AvgIpc) is 2.63. The predicted octanol–water partition coefficient (Wildman–Crippen LogP) is 3.58. The molecule has 0 radical (unpaired) electrons. The second-order valence-electron chi connectivity index (χ2n) is 6.56. The summed E-state index contributed by atoms with van der Waals surface area (Å²) in [5, 5.41) is 10.5. The summed E-state index contributed by atoms with van der Waals surface area (Å²) < 4.78 is 0. The number of nitrogens with two attached hydrogens (primary N) is 1. The van der Waals surface area contributed by atoms with E-state index in [1.165, 1.54) is 0 Å². The Morgan fingerprint density at radius 1 is 1.16 bits per heavy atom. The van der Waals surface area contributed by atoms with E-state index in [4.69, 9.17) is 5.73 Å². The number of nitrogens with zero attached hydrogens (tertiary/aromatic N) is 1. The highest BCUT2D eigenvalue weighted by Gasteiger charge is 2.28. The summed E-state index contributed by atoms with van der Waals surface area (Å²) in [5.41, 5.74) is 9.09. The van der Waals surface area contributed by atoms with Crippen molar-refractivity contribution in [3.63, 3.8) is 0 Å². The van der Waals surface area contributed by atoms with Crippen molar-refractivity contribution in [1.82, 2.24) is 4.90 Å². The first-order valence-corrected chi connectivity index (χ1v) is 8.44. The van der Waals surface area contributed by atoms with Gasteiger partial charge in [-0.05, 0) is 55.0 Å². The van der Waals surface area contributed by atoms with Crippen LogP contribution in [0.25, 0.3) is 0 Å². The summed E-state index contributed by atoms with van der Waals surface area (Å²) in [5.74, 6) is 0.246. The van der Waals surface area contributed by atoms with Gasteiger partial charge in [-0.2, -0.15) is 0 Å². The Balaban J connectivity index is 0.00000225. The summed E-state index contributed by atoms with van der Waals surface area (Å²) in [4.78, 5) is 14.5. The Kier molecular flexibility index (Phi) is 6.45. The monoisotopic (exact) mass is 360 g/mol. The Morgan fingerprint density at radius 3 is 2.40 bits per heavy atom. The van der Waals surface area contributed by atoms with E-state index in [1.54, 1.807) is 12.1 Å². The molecule has 1 heterocycles. The third-order valence-corrected chi connectivity index (χ3v) is 4.93. The molecule has 0 aromatic heterocycles. The minimum Gasteiger partial charge on any atom is -0.399 e. The summed E-state index contributed by atoms with van der Waals surface area (Å²) in [6.07, 6.45) is 1.17. The van der Waals surface area contributed by atoms with E-state index in [2.05, 4.69) is 0 Å². The lowest BCUT2D eigenvalue weighted by molar-refractivity contribution is 0.0462. The van der Waals surface area contributed by atoms with Gasteiger partial charge in [-0.25, -0.2) is 0 Å². The van der Waals surface area contributed by atoms with E-state index in [-0.39, 0.29) is 24.2 Å². The standard InChI is InChI=1S/C20H24N2O2.ClH/c1-14-13-17(7-8-18(14)21)20(24)22-11-9-16(10-12-22)19(23)15-5-3-2-4-6-15;/h2-8,13,16,19,23H,9-12,21H2,1H3;1H. The molecule has 25 heavy (non-hydrogen) atoms. The maximum Gasteiger partial charge on any atom is 0.253 e. The average molecular weight is 361 g/mol. The first-order chi connectivity index (χ1) is 11.6. The third kappa shape index (κ3) is 4.33. The van der Waals surface area contributed by atoms with Crippen LogP contribution in [0.4, 0.5) is 5.69 Å². The lowest BCUT2D eigenvalue weighted by Gasteiger charge is -2.34. The molecule has 1 unspecified atom stereocenters. The molecule has 0 bridgehead atoms. The quantitative estimate of drug-likeness (QED) is 0.822. The number of aryl methyl sites for hydroxylation is 1. The lowest BCUT2D eigenvalue weighted by atomic mass is 9.87. The number of halogens is 1. The van der Waals surface area contributed by atoms with Crippen LogP contribution in [-0.2, 0) is 0 Å². The second kappa shape index (κ2) is 8.37. The molecule has 1 fully saturated rings. The summed E-state index contributed by atoms with van der Waals surface area (Å²) in [6, 6.07) is 15.2. The largest absolute Gasteiger partial charge is 0.399 e. The van der Waals surface area contributed by atoms with Gasteiger partial charge in [-0.3, -0.25) is 4.79 Å². The van der Waals surface area contributed by atoms with Crippen LogP contribution < -0.4 is 5.73 Å². The number of hydrogen-bond donors (Lipinski definition) is 2. The number of piperidine rings is 1. The smallest absolute Gasteiger partial charge is 0.253 e. The van der Waals surface area contributed by atoms with Crippen molar-refractivity contribution in [1.29, 1.82) is 0 Å². The number of aliphatic hydroxyl groups is 1. The van der Waals surface area contributed by atoms with Crippen LogP contribution in [0.15, 0.2) is 48.5 Å². The van der Waals surface area contributed by atoms with Crippen LogP contribution in [-0.4, -0.2) is 29.0 Å². The van der Waals surface area contributed by atoms with E-state index in [0.29, 0.717) is 24.3 Å². The van der Waals surface area contributed by atoms with Gasteiger partial charge in [0, 0.05) is 24.3 Å². The second-order valence-corrected chi connectivity index (χ2v) is 6.56. The van der Waals surface area contributed by atoms with E-state index in [1.807, 2.05) is 48.2 Å². The molecule has 3 N–H and O–H groups in total. The zero-order chi connectivity index (χ0) is 17.1. The van der Waals surface area contributed by atoms with E-state index in [9.17, 15) is 9.90 Å². The van der Waals surface area contributed by atoms with Crippen molar-refractivity contribution >= 4 is 24.0 Å². The van der Waals surface area contributed by atoms with Crippen LogP contribution in [0.2, 0.25) is 0 Å². The van der Waals surface area contributed by atoms with Gasteiger partial charge in [0.1, 0.15) is 0 Å². The van der Waals surface area contributed by atoms with Crippen molar-refractivity contribution in [3.05, 3.63) is 65.2 Å². The van der Waals surface area contributed by atoms with E-state index < -0.39 is 6.10 Å². The first-order valence-electron chi connectivity index (χ1n) is 8.44. The van der Waals surface area contributed by atoms with Crippen molar-refractivity contribution in [3.8, 4) is 0 Å². The Morgan fingerprint density at radius 2 is 1.80 bits per heavy atom. The van der Waals surface area contributed by atoms with Gasteiger partial charge in [-0.1, -0.05) is 30.3 Å². The highest BCUT2D eigenvalue weighted by atomic mass is 35.5. The van der Waals surface area contributed by atoms with Gasteiger partial charge in [0.15, 0.2) is 0 Å². The molecule has 1 atom stereocenters. The molecule has 5 heteroatoms. The van der Waals surface area contributed by atoms with Gasteiger partial charge in [0.2, 0.25) is 0 Å². The lowest BCUT2D eigenvalue weighted by Crippen LogP contribution is -2.39. The first kappa shape index (κ1) is 19.3. The highest BCUT2D eigenvalue weighted by molar-refractivity contribution is 5.95. The molecular weight excluding hydrogens is 336 g/mol. The number of benzene rings is 2. The van der Waals surface area contributed by atoms with Crippen LogP contribution in [0.5, 0.6) is 0 Å². The van der Waals surface area contributed by atoms with Crippen molar-refractivity contribution in [2.75, 3.05) is 18.8 Å². The van der Waals surface area contributed by atoms with Crippen molar-refractivity contribution < 1.29 is 9.90 Å². The summed E-state index contributed by atoms with van der Waals surface area (Å²) in [6.45, 7) is 3.27. The van der Waals surface area contributed by atoms with Crippen LogP contribution in [0.1, 0.15) is 40.4 Å². The summed E-state index contributed by atoms with van der Waals surface area (Å²) in [7, 11) is 0. The zero-order valence-corrected chi connectivity index (χ0v) is 15.2. The number of rotatable bonds is 3. The third-order valence-electron chi connectivity index (χ3n) is 4.93. The van der Waals surface area contributed by atoms with E-state index >= 15 is 0 Å². The molecule has 0 spiro atoms. The number of amides is 1.